The van der Waals surface area contributed by atoms with Crippen LogP contribution in [0.15, 0.2) is 41.3 Å². The van der Waals surface area contributed by atoms with Crippen LogP contribution < -0.4 is 5.32 Å². The monoisotopic (exact) mass is 291 g/mol. The number of aryl methyl sites for hydroxylation is 2. The van der Waals surface area contributed by atoms with Gasteiger partial charge in [0, 0.05) is 10.5 Å². The first-order chi connectivity index (χ1) is 8.97. The molecule has 0 aliphatic carbocycles. The highest BCUT2D eigenvalue weighted by Gasteiger charge is 2.11. The Balaban J connectivity index is 2.28. The molecule has 1 N–H and O–H groups in total. The van der Waals surface area contributed by atoms with E-state index in [0.29, 0.717) is 16.3 Å². The summed E-state index contributed by atoms with van der Waals surface area (Å²) in [7, 11) is 0. The van der Waals surface area contributed by atoms with Crippen LogP contribution in [-0.4, -0.2) is 5.91 Å². The predicted octanol–water partition coefficient (Wildman–Crippen LogP) is 4.50. The molecule has 2 rings (SSSR count). The lowest BCUT2D eigenvalue weighted by Crippen LogP contribution is -2.13. The maximum Gasteiger partial charge on any atom is 0.256 e. The fourth-order valence-corrected chi connectivity index (χ4v) is 2.25. The van der Waals surface area contributed by atoms with E-state index in [-0.39, 0.29) is 5.91 Å². The van der Waals surface area contributed by atoms with E-state index in [1.807, 2.05) is 38.1 Å². The van der Waals surface area contributed by atoms with Crippen molar-refractivity contribution in [1.29, 1.82) is 0 Å². The van der Waals surface area contributed by atoms with E-state index in [9.17, 15) is 4.79 Å². The van der Waals surface area contributed by atoms with Crippen LogP contribution >= 0.6 is 24.2 Å². The first kappa shape index (κ1) is 14.0. The Morgan fingerprint density at radius 2 is 1.89 bits per heavy atom. The van der Waals surface area contributed by atoms with Gasteiger partial charge in [-0.25, -0.2) is 0 Å². The molecule has 19 heavy (non-hydrogen) atoms. The summed E-state index contributed by atoms with van der Waals surface area (Å²) in [6.45, 7) is 3.84. The maximum atomic E-state index is 12.2. The molecule has 0 saturated carbocycles. The molecule has 0 heterocycles. The van der Waals surface area contributed by atoms with E-state index in [4.69, 9.17) is 11.6 Å². The Morgan fingerprint density at radius 3 is 2.58 bits per heavy atom. The first-order valence-corrected chi connectivity index (χ1v) is 6.67. The van der Waals surface area contributed by atoms with E-state index in [1.165, 1.54) is 0 Å². The lowest BCUT2D eigenvalue weighted by Gasteiger charge is -2.10. The fraction of sp³-hybridized carbons (Fsp3) is 0.133. The topological polar surface area (TPSA) is 29.1 Å². The lowest BCUT2D eigenvalue weighted by molar-refractivity contribution is 0.102. The Hall–Kier alpha value is -1.45. The van der Waals surface area contributed by atoms with Crippen molar-refractivity contribution in [3.8, 4) is 0 Å². The van der Waals surface area contributed by atoms with Crippen LogP contribution in [0, 0.1) is 13.8 Å². The zero-order valence-electron chi connectivity index (χ0n) is 10.7. The highest BCUT2D eigenvalue weighted by Crippen LogP contribution is 2.24. The van der Waals surface area contributed by atoms with Gasteiger partial charge in [-0.2, -0.15) is 0 Å². The summed E-state index contributed by atoms with van der Waals surface area (Å²) < 4.78 is 0. The number of benzene rings is 2. The van der Waals surface area contributed by atoms with Crippen molar-refractivity contribution in [2.45, 2.75) is 18.7 Å². The van der Waals surface area contributed by atoms with E-state index in [0.717, 1.165) is 16.0 Å². The fourth-order valence-electron chi connectivity index (χ4n) is 1.77. The van der Waals surface area contributed by atoms with Crippen LogP contribution in [0.1, 0.15) is 21.5 Å². The van der Waals surface area contributed by atoms with Gasteiger partial charge >= 0.3 is 0 Å². The molecule has 2 nitrogen and oxygen atoms in total. The Labute approximate surface area is 123 Å². The van der Waals surface area contributed by atoms with Gasteiger partial charge in [0.25, 0.3) is 5.91 Å². The molecule has 0 saturated heterocycles. The van der Waals surface area contributed by atoms with Crippen LogP contribution in [-0.2, 0) is 0 Å². The third-order valence-electron chi connectivity index (χ3n) is 2.84. The molecule has 2 aromatic rings. The molecule has 0 atom stereocenters. The molecular formula is C15H14ClNOS. The maximum absolute atomic E-state index is 12.2. The number of thiol groups is 1. The Morgan fingerprint density at radius 1 is 1.16 bits per heavy atom. The van der Waals surface area contributed by atoms with E-state index < -0.39 is 0 Å². The number of hydrogen-bond donors (Lipinski definition) is 2. The molecule has 0 bridgehead atoms. The summed E-state index contributed by atoms with van der Waals surface area (Å²) in [6, 6.07) is 11.0. The minimum atomic E-state index is -0.181. The summed E-state index contributed by atoms with van der Waals surface area (Å²) in [5.41, 5.74) is 3.17. The second-order valence-electron chi connectivity index (χ2n) is 4.44. The summed E-state index contributed by atoms with van der Waals surface area (Å²) >= 11 is 10.4. The molecule has 0 aliphatic heterocycles. The van der Waals surface area contributed by atoms with Crippen molar-refractivity contribution in [3.63, 3.8) is 0 Å². The number of amides is 1. The number of rotatable bonds is 2. The number of nitrogens with one attached hydrogen (secondary N) is 1. The average molecular weight is 292 g/mol. The molecule has 0 spiro atoms. The van der Waals surface area contributed by atoms with Crippen LogP contribution in [0.5, 0.6) is 0 Å². The zero-order chi connectivity index (χ0) is 14.0. The SMILES string of the molecule is Cc1ccc(NC(=O)c2cc(S)ccc2C)c(Cl)c1. The van der Waals surface area contributed by atoms with Crippen LogP contribution in [0.2, 0.25) is 5.02 Å². The minimum absolute atomic E-state index is 0.181. The summed E-state index contributed by atoms with van der Waals surface area (Å²) in [6.07, 6.45) is 0. The number of carbonyl (C=O) groups is 1. The van der Waals surface area contributed by atoms with Crippen LogP contribution in [0.4, 0.5) is 5.69 Å². The van der Waals surface area contributed by atoms with Gasteiger partial charge < -0.3 is 5.32 Å². The zero-order valence-corrected chi connectivity index (χ0v) is 12.3. The summed E-state index contributed by atoms with van der Waals surface area (Å²) in [4.78, 5) is 13.0. The second kappa shape index (κ2) is 5.68. The van der Waals surface area contributed by atoms with E-state index in [2.05, 4.69) is 17.9 Å². The standard InChI is InChI=1S/C15H14ClNOS/c1-9-3-6-14(13(16)7-9)17-15(18)12-8-11(19)5-4-10(12)2/h3-8,19H,1-2H3,(H,17,18). The smallest absolute Gasteiger partial charge is 0.256 e. The lowest BCUT2D eigenvalue weighted by atomic mass is 10.1. The average Bonchev–Trinajstić information content (AvgIpc) is 2.35. The van der Waals surface area contributed by atoms with Gasteiger partial charge in [0.05, 0.1) is 10.7 Å². The van der Waals surface area contributed by atoms with Gasteiger partial charge in [0.15, 0.2) is 0 Å². The number of halogens is 1. The molecule has 0 unspecified atom stereocenters. The molecule has 2 aromatic carbocycles. The van der Waals surface area contributed by atoms with Crippen molar-refractivity contribution in [1.82, 2.24) is 0 Å². The van der Waals surface area contributed by atoms with Crippen LogP contribution in [0.25, 0.3) is 0 Å². The number of anilines is 1. The highest BCUT2D eigenvalue weighted by atomic mass is 35.5. The van der Waals surface area contributed by atoms with Gasteiger partial charge in [-0.3, -0.25) is 4.79 Å². The molecule has 0 aliphatic rings. The minimum Gasteiger partial charge on any atom is -0.321 e. The van der Waals surface area contributed by atoms with Gasteiger partial charge in [-0.15, -0.1) is 12.6 Å². The van der Waals surface area contributed by atoms with Gasteiger partial charge in [-0.05, 0) is 49.2 Å². The molecule has 4 heteroatoms. The highest BCUT2D eigenvalue weighted by molar-refractivity contribution is 7.80. The number of hydrogen-bond acceptors (Lipinski definition) is 2. The molecule has 1 amide bonds. The van der Waals surface area contributed by atoms with Crippen molar-refractivity contribution >= 4 is 35.8 Å². The predicted molar refractivity (Wildman–Crippen MR) is 82.6 cm³/mol. The molecule has 98 valence electrons. The largest absolute Gasteiger partial charge is 0.321 e. The second-order valence-corrected chi connectivity index (χ2v) is 5.36. The van der Waals surface area contributed by atoms with Crippen molar-refractivity contribution in [2.24, 2.45) is 0 Å². The van der Waals surface area contributed by atoms with E-state index >= 15 is 0 Å². The molecule has 0 fully saturated rings. The summed E-state index contributed by atoms with van der Waals surface area (Å²) in [5.74, 6) is -0.181. The summed E-state index contributed by atoms with van der Waals surface area (Å²) in [5, 5.41) is 3.35. The molecule has 0 radical (unpaired) electrons. The van der Waals surface area contributed by atoms with Gasteiger partial charge in [-0.1, -0.05) is 23.7 Å². The Bertz CT molecular complexity index is 640. The number of carbonyl (C=O) groups excluding carboxylic acids is 1. The first-order valence-electron chi connectivity index (χ1n) is 5.84. The van der Waals surface area contributed by atoms with Crippen molar-refractivity contribution in [3.05, 3.63) is 58.1 Å². The van der Waals surface area contributed by atoms with Gasteiger partial charge in [0.2, 0.25) is 0 Å². The van der Waals surface area contributed by atoms with Crippen LogP contribution in [0.3, 0.4) is 0 Å². The van der Waals surface area contributed by atoms with Crippen molar-refractivity contribution in [2.75, 3.05) is 5.32 Å². The third kappa shape index (κ3) is 3.31. The van der Waals surface area contributed by atoms with Gasteiger partial charge in [0.1, 0.15) is 0 Å². The normalized spacial score (nSPS) is 10.3. The third-order valence-corrected chi connectivity index (χ3v) is 3.43. The molecule has 0 aromatic heterocycles. The quantitative estimate of drug-likeness (QED) is 0.784. The molecular weight excluding hydrogens is 278 g/mol. The Kier molecular flexibility index (Phi) is 4.17. The van der Waals surface area contributed by atoms with E-state index in [1.54, 1.807) is 12.1 Å². The van der Waals surface area contributed by atoms with Crippen molar-refractivity contribution < 1.29 is 4.79 Å².